The minimum Gasteiger partial charge on any atom is -0.468 e. The lowest BCUT2D eigenvalue weighted by atomic mass is 9.85. The van der Waals surface area contributed by atoms with Crippen LogP contribution in [0, 0.1) is 11.8 Å². The van der Waals surface area contributed by atoms with Gasteiger partial charge in [0.25, 0.3) is 0 Å². The first-order valence-electron chi connectivity index (χ1n) is 8.20. The summed E-state index contributed by atoms with van der Waals surface area (Å²) in [6.07, 6.45) is 6.42. The predicted octanol–water partition coefficient (Wildman–Crippen LogP) is 1.41. The van der Waals surface area contributed by atoms with E-state index in [4.69, 9.17) is 15.2 Å². The van der Waals surface area contributed by atoms with E-state index in [1.807, 2.05) is 0 Å². The Hall–Kier alpha value is -0.650. The summed E-state index contributed by atoms with van der Waals surface area (Å²) >= 11 is 0. The molecule has 0 bridgehead atoms. The summed E-state index contributed by atoms with van der Waals surface area (Å²) in [7, 11) is 3.53. The molecular formula is C16H30N2O3. The van der Waals surface area contributed by atoms with E-state index in [2.05, 4.69) is 11.9 Å². The predicted molar refractivity (Wildman–Crippen MR) is 81.9 cm³/mol. The first-order valence-corrected chi connectivity index (χ1v) is 8.20. The highest BCUT2D eigenvalue weighted by atomic mass is 16.5. The van der Waals surface area contributed by atoms with Crippen molar-refractivity contribution in [2.24, 2.45) is 17.6 Å². The molecule has 2 saturated carbocycles. The molecule has 0 aliphatic heterocycles. The van der Waals surface area contributed by atoms with Crippen molar-refractivity contribution in [1.29, 1.82) is 0 Å². The minimum absolute atomic E-state index is 0.236. The molecule has 122 valence electrons. The summed E-state index contributed by atoms with van der Waals surface area (Å²) in [5.41, 5.74) is 5.52. The number of nitrogens with two attached hydrogens (primary N) is 1. The summed E-state index contributed by atoms with van der Waals surface area (Å²) in [5.74, 6) is 0.812. The van der Waals surface area contributed by atoms with Gasteiger partial charge < -0.3 is 20.1 Å². The molecule has 0 amide bonds. The molecule has 2 aliphatic rings. The molecule has 0 aromatic carbocycles. The number of methoxy groups -OCH3 is 1. The Morgan fingerprint density at radius 2 is 2.10 bits per heavy atom. The molecule has 21 heavy (non-hydrogen) atoms. The molecule has 2 atom stereocenters. The molecule has 0 spiro atoms. The van der Waals surface area contributed by atoms with Gasteiger partial charge in [-0.05, 0) is 57.5 Å². The quantitative estimate of drug-likeness (QED) is 0.515. The van der Waals surface area contributed by atoms with E-state index in [1.165, 1.54) is 20.0 Å². The molecule has 2 fully saturated rings. The Morgan fingerprint density at radius 1 is 1.33 bits per heavy atom. The highest BCUT2D eigenvalue weighted by Crippen LogP contribution is 2.37. The maximum absolute atomic E-state index is 11.9. The van der Waals surface area contributed by atoms with E-state index in [0.717, 1.165) is 57.9 Å². The van der Waals surface area contributed by atoms with Crippen molar-refractivity contribution in [3.8, 4) is 0 Å². The number of carbonyl (C=O) groups excluding carboxylic acids is 1. The second-order valence-corrected chi connectivity index (χ2v) is 6.73. The van der Waals surface area contributed by atoms with Crippen LogP contribution in [0.4, 0.5) is 0 Å². The Morgan fingerprint density at radius 3 is 2.76 bits per heavy atom. The largest absolute Gasteiger partial charge is 0.468 e. The van der Waals surface area contributed by atoms with Crippen molar-refractivity contribution in [1.82, 2.24) is 4.90 Å². The second-order valence-electron chi connectivity index (χ2n) is 6.73. The lowest BCUT2D eigenvalue weighted by Gasteiger charge is -2.29. The molecule has 5 nitrogen and oxygen atoms in total. The van der Waals surface area contributed by atoms with E-state index in [9.17, 15) is 4.79 Å². The van der Waals surface area contributed by atoms with Gasteiger partial charge in [-0.15, -0.1) is 0 Å². The van der Waals surface area contributed by atoms with Gasteiger partial charge in [0.1, 0.15) is 5.54 Å². The van der Waals surface area contributed by atoms with Crippen LogP contribution in [0.2, 0.25) is 0 Å². The zero-order valence-corrected chi connectivity index (χ0v) is 13.5. The number of likely N-dealkylation sites (N-methyl/N-ethyl adjacent to an activating group) is 1. The van der Waals surface area contributed by atoms with Crippen LogP contribution in [-0.2, 0) is 14.3 Å². The van der Waals surface area contributed by atoms with E-state index in [0.29, 0.717) is 0 Å². The number of carbonyl (C=O) groups is 1. The number of ether oxygens (including phenoxy) is 2. The first-order chi connectivity index (χ1) is 10.1. The van der Waals surface area contributed by atoms with Gasteiger partial charge in [0.15, 0.2) is 0 Å². The number of nitrogens with zero attached hydrogens (tertiary/aromatic N) is 1. The molecule has 0 heterocycles. The molecule has 2 N–H and O–H groups in total. The fourth-order valence-corrected chi connectivity index (χ4v) is 3.21. The summed E-state index contributed by atoms with van der Waals surface area (Å²) in [4.78, 5) is 14.2. The van der Waals surface area contributed by atoms with Gasteiger partial charge in [0, 0.05) is 13.2 Å². The summed E-state index contributed by atoms with van der Waals surface area (Å²) in [6.45, 7) is 3.61. The van der Waals surface area contributed by atoms with Crippen molar-refractivity contribution in [2.45, 2.75) is 44.1 Å². The molecule has 0 saturated heterocycles. The Kier molecular flexibility index (Phi) is 6.02. The normalized spacial score (nSPS) is 29.0. The van der Waals surface area contributed by atoms with Crippen molar-refractivity contribution >= 4 is 5.97 Å². The van der Waals surface area contributed by atoms with Crippen LogP contribution < -0.4 is 5.73 Å². The van der Waals surface area contributed by atoms with E-state index >= 15 is 0 Å². The fraction of sp³-hybridized carbons (Fsp3) is 0.938. The third-order valence-electron chi connectivity index (χ3n) is 4.96. The molecule has 2 unspecified atom stereocenters. The van der Waals surface area contributed by atoms with Gasteiger partial charge in [-0.2, -0.15) is 0 Å². The summed E-state index contributed by atoms with van der Waals surface area (Å²) < 4.78 is 10.5. The van der Waals surface area contributed by atoms with Crippen molar-refractivity contribution in [2.75, 3.05) is 40.5 Å². The van der Waals surface area contributed by atoms with E-state index in [1.54, 1.807) is 0 Å². The van der Waals surface area contributed by atoms with Crippen LogP contribution in [0.25, 0.3) is 0 Å². The average molecular weight is 298 g/mol. The highest BCUT2D eigenvalue weighted by molar-refractivity contribution is 5.81. The third kappa shape index (κ3) is 4.66. The van der Waals surface area contributed by atoms with E-state index < -0.39 is 5.54 Å². The number of hydrogen-bond acceptors (Lipinski definition) is 5. The molecule has 5 heteroatoms. The Labute approximate surface area is 128 Å². The lowest BCUT2D eigenvalue weighted by molar-refractivity contribution is -0.148. The van der Waals surface area contributed by atoms with Crippen LogP contribution >= 0.6 is 0 Å². The van der Waals surface area contributed by atoms with Crippen LogP contribution in [0.5, 0.6) is 0 Å². The van der Waals surface area contributed by atoms with Crippen LogP contribution in [-0.4, -0.2) is 56.9 Å². The zero-order chi connectivity index (χ0) is 15.3. The summed E-state index contributed by atoms with van der Waals surface area (Å²) in [5, 5.41) is 0. The molecular weight excluding hydrogens is 268 g/mol. The Bertz CT molecular complexity index is 346. The third-order valence-corrected chi connectivity index (χ3v) is 4.96. The van der Waals surface area contributed by atoms with Gasteiger partial charge >= 0.3 is 5.97 Å². The van der Waals surface area contributed by atoms with E-state index in [-0.39, 0.29) is 11.9 Å². The highest BCUT2D eigenvalue weighted by Gasteiger charge is 2.46. The topological polar surface area (TPSA) is 64.8 Å². The SMILES string of the molecule is COC(=O)C1(N)CCCC1CCN(C)CCOCC1CC1. The maximum Gasteiger partial charge on any atom is 0.326 e. The standard InChI is InChI=1S/C16H30N2O3/c1-18(10-11-21-12-13-5-6-13)9-7-14-4-3-8-16(14,17)15(19)20-2/h13-14H,3-12,17H2,1-2H3. The van der Waals surface area contributed by atoms with Crippen molar-refractivity contribution < 1.29 is 14.3 Å². The van der Waals surface area contributed by atoms with Crippen LogP contribution in [0.1, 0.15) is 38.5 Å². The van der Waals surface area contributed by atoms with Gasteiger partial charge in [0.2, 0.25) is 0 Å². The first kappa shape index (κ1) is 16.7. The molecule has 0 aromatic rings. The zero-order valence-electron chi connectivity index (χ0n) is 13.5. The van der Waals surface area contributed by atoms with Crippen LogP contribution in [0.3, 0.4) is 0 Å². The van der Waals surface area contributed by atoms with Gasteiger partial charge in [-0.3, -0.25) is 4.79 Å². The number of esters is 1. The van der Waals surface area contributed by atoms with Gasteiger partial charge in [-0.1, -0.05) is 6.42 Å². The van der Waals surface area contributed by atoms with Crippen LogP contribution in [0.15, 0.2) is 0 Å². The maximum atomic E-state index is 11.9. The summed E-state index contributed by atoms with van der Waals surface area (Å²) in [6, 6.07) is 0. The monoisotopic (exact) mass is 298 g/mol. The lowest BCUT2D eigenvalue weighted by Crippen LogP contribution is -2.52. The fourth-order valence-electron chi connectivity index (χ4n) is 3.21. The smallest absolute Gasteiger partial charge is 0.326 e. The minimum atomic E-state index is -0.766. The average Bonchev–Trinajstić information content (AvgIpc) is 3.23. The molecule has 0 aromatic heterocycles. The van der Waals surface area contributed by atoms with Gasteiger partial charge in [0.05, 0.1) is 13.7 Å². The van der Waals surface area contributed by atoms with Crippen molar-refractivity contribution in [3.05, 3.63) is 0 Å². The molecule has 2 rings (SSSR count). The number of rotatable bonds is 9. The molecule has 2 aliphatic carbocycles. The van der Waals surface area contributed by atoms with Gasteiger partial charge in [-0.25, -0.2) is 0 Å². The Balaban J connectivity index is 1.64. The second kappa shape index (κ2) is 7.56. The molecule has 0 radical (unpaired) electrons. The van der Waals surface area contributed by atoms with Crippen molar-refractivity contribution in [3.63, 3.8) is 0 Å². The number of hydrogen-bond donors (Lipinski definition) is 1.